The first-order valence-electron chi connectivity index (χ1n) is 6.43. The Hall–Kier alpha value is -1.26. The van der Waals surface area contributed by atoms with Crippen LogP contribution >= 0.6 is 27.5 Å². The molecule has 0 saturated carbocycles. The van der Waals surface area contributed by atoms with Crippen LogP contribution in [-0.2, 0) is 6.54 Å². The molecule has 0 aliphatic rings. The zero-order chi connectivity index (χ0) is 14.7. The van der Waals surface area contributed by atoms with Crippen molar-refractivity contribution in [1.82, 2.24) is 9.88 Å². The summed E-state index contributed by atoms with van der Waals surface area (Å²) in [5.74, 6) is -0.0926. The zero-order valence-electron chi connectivity index (χ0n) is 11.4. The number of rotatable bonds is 4. The molecule has 0 saturated heterocycles. The molecule has 20 heavy (non-hydrogen) atoms. The predicted octanol–water partition coefficient (Wildman–Crippen LogP) is 4.41. The van der Waals surface area contributed by atoms with E-state index >= 15 is 0 Å². The molecule has 2 rings (SSSR count). The molecule has 1 aromatic carbocycles. The van der Waals surface area contributed by atoms with Crippen molar-refractivity contribution in [3.05, 3.63) is 57.3 Å². The first-order chi connectivity index (χ1) is 9.51. The van der Waals surface area contributed by atoms with Crippen molar-refractivity contribution in [3.8, 4) is 0 Å². The van der Waals surface area contributed by atoms with Gasteiger partial charge in [-0.3, -0.25) is 4.79 Å². The maximum absolute atomic E-state index is 12.3. The number of aryl methyl sites for hydroxylation is 1. The highest BCUT2D eigenvalue weighted by atomic mass is 79.9. The Balaban J connectivity index is 2.15. The second-order valence-corrected chi connectivity index (χ2v) is 5.93. The highest BCUT2D eigenvalue weighted by molar-refractivity contribution is 9.10. The lowest BCUT2D eigenvalue weighted by Gasteiger charge is -2.15. The van der Waals surface area contributed by atoms with Gasteiger partial charge in [-0.05, 0) is 53.5 Å². The van der Waals surface area contributed by atoms with Gasteiger partial charge in [0.05, 0.1) is 6.04 Å². The Bertz CT molecular complexity index is 624. The van der Waals surface area contributed by atoms with Crippen LogP contribution in [0, 0.1) is 0 Å². The van der Waals surface area contributed by atoms with Gasteiger partial charge in [-0.25, -0.2) is 0 Å². The van der Waals surface area contributed by atoms with Crippen molar-refractivity contribution >= 4 is 33.4 Å². The summed E-state index contributed by atoms with van der Waals surface area (Å²) in [6.45, 7) is 4.70. The van der Waals surface area contributed by atoms with Crippen molar-refractivity contribution in [3.63, 3.8) is 0 Å². The summed E-state index contributed by atoms with van der Waals surface area (Å²) in [5.41, 5.74) is 1.63. The van der Waals surface area contributed by atoms with Crippen LogP contribution in [0.2, 0.25) is 5.02 Å². The Morgan fingerprint density at radius 3 is 2.85 bits per heavy atom. The number of carbonyl (C=O) groups is 1. The van der Waals surface area contributed by atoms with Crippen LogP contribution in [0.5, 0.6) is 0 Å². The average molecular weight is 356 g/mol. The van der Waals surface area contributed by atoms with Crippen LogP contribution in [-0.4, -0.2) is 10.5 Å². The van der Waals surface area contributed by atoms with Gasteiger partial charge in [0.1, 0.15) is 5.69 Å². The molecule has 1 atom stereocenters. The molecule has 0 radical (unpaired) electrons. The van der Waals surface area contributed by atoms with Crippen LogP contribution in [0.25, 0.3) is 0 Å². The summed E-state index contributed by atoms with van der Waals surface area (Å²) in [7, 11) is 0. The van der Waals surface area contributed by atoms with Crippen molar-refractivity contribution < 1.29 is 4.79 Å². The molecule has 0 aliphatic carbocycles. The summed E-state index contributed by atoms with van der Waals surface area (Å²) < 4.78 is 2.81. The minimum absolute atomic E-state index is 0.0926. The largest absolute Gasteiger partial charge is 0.344 e. The number of amides is 1. The fourth-order valence-corrected chi connectivity index (χ4v) is 2.72. The van der Waals surface area contributed by atoms with E-state index in [0.717, 1.165) is 16.6 Å². The minimum atomic E-state index is -0.0971. The first kappa shape index (κ1) is 15.1. The molecule has 106 valence electrons. The number of carbonyl (C=O) groups excluding carboxylic acids is 1. The van der Waals surface area contributed by atoms with Crippen LogP contribution in [0.1, 0.15) is 35.9 Å². The van der Waals surface area contributed by atoms with Crippen LogP contribution in [0.15, 0.2) is 41.0 Å². The molecule has 0 bridgehead atoms. The molecule has 2 aromatic rings. The van der Waals surface area contributed by atoms with Gasteiger partial charge < -0.3 is 9.88 Å². The highest BCUT2D eigenvalue weighted by Crippen LogP contribution is 2.19. The number of hydrogen-bond acceptors (Lipinski definition) is 1. The van der Waals surface area contributed by atoms with Gasteiger partial charge in [-0.2, -0.15) is 0 Å². The summed E-state index contributed by atoms with van der Waals surface area (Å²) in [6.07, 6.45) is 1.90. The zero-order valence-corrected chi connectivity index (χ0v) is 13.7. The van der Waals surface area contributed by atoms with E-state index in [9.17, 15) is 4.79 Å². The number of nitrogens with one attached hydrogen (secondary N) is 1. The molecule has 1 aromatic heterocycles. The quantitative estimate of drug-likeness (QED) is 0.865. The molecule has 1 amide bonds. The van der Waals surface area contributed by atoms with Gasteiger partial charge in [-0.15, -0.1) is 0 Å². The van der Waals surface area contributed by atoms with E-state index in [1.807, 2.05) is 54.9 Å². The van der Waals surface area contributed by atoms with Gasteiger partial charge in [0.2, 0.25) is 0 Å². The molecule has 1 heterocycles. The van der Waals surface area contributed by atoms with E-state index in [1.54, 1.807) is 0 Å². The average Bonchev–Trinajstić information content (AvgIpc) is 2.80. The lowest BCUT2D eigenvalue weighted by molar-refractivity contribution is 0.0930. The maximum Gasteiger partial charge on any atom is 0.268 e. The normalized spacial score (nSPS) is 12.2. The smallest absolute Gasteiger partial charge is 0.268 e. The predicted molar refractivity (Wildman–Crippen MR) is 85.1 cm³/mol. The maximum atomic E-state index is 12.3. The van der Waals surface area contributed by atoms with Crippen LogP contribution < -0.4 is 5.32 Å². The molecule has 5 heteroatoms. The van der Waals surface area contributed by atoms with Gasteiger partial charge in [0.15, 0.2) is 0 Å². The molecule has 0 fully saturated rings. The Morgan fingerprint density at radius 2 is 2.20 bits per heavy atom. The third-order valence-corrected chi connectivity index (χ3v) is 3.80. The van der Waals surface area contributed by atoms with E-state index in [0.29, 0.717) is 10.7 Å². The van der Waals surface area contributed by atoms with E-state index in [2.05, 4.69) is 21.2 Å². The molecule has 1 unspecified atom stereocenters. The van der Waals surface area contributed by atoms with E-state index in [-0.39, 0.29) is 11.9 Å². The number of nitrogens with zero attached hydrogens (tertiary/aromatic N) is 1. The summed E-state index contributed by atoms with van der Waals surface area (Å²) >= 11 is 9.36. The van der Waals surface area contributed by atoms with Crippen molar-refractivity contribution in [2.45, 2.75) is 26.4 Å². The van der Waals surface area contributed by atoms with E-state index < -0.39 is 0 Å². The molecule has 0 aliphatic heterocycles. The molecule has 0 spiro atoms. The Morgan fingerprint density at radius 1 is 1.45 bits per heavy atom. The molecule has 1 N–H and O–H groups in total. The fourth-order valence-electron chi connectivity index (χ4n) is 2.06. The van der Waals surface area contributed by atoms with E-state index in [1.165, 1.54) is 0 Å². The fraction of sp³-hybridized carbons (Fsp3) is 0.267. The second-order valence-electron chi connectivity index (χ2n) is 4.58. The van der Waals surface area contributed by atoms with Gasteiger partial charge in [0.25, 0.3) is 5.91 Å². The third-order valence-electron chi connectivity index (χ3n) is 3.13. The van der Waals surface area contributed by atoms with Crippen LogP contribution in [0.3, 0.4) is 0 Å². The van der Waals surface area contributed by atoms with E-state index in [4.69, 9.17) is 11.6 Å². The summed E-state index contributed by atoms with van der Waals surface area (Å²) in [4.78, 5) is 12.3. The first-order valence-corrected chi connectivity index (χ1v) is 7.60. The Labute approximate surface area is 132 Å². The third kappa shape index (κ3) is 3.44. The minimum Gasteiger partial charge on any atom is -0.344 e. The van der Waals surface area contributed by atoms with Gasteiger partial charge in [0, 0.05) is 22.2 Å². The Kier molecular flexibility index (Phi) is 4.89. The highest BCUT2D eigenvalue weighted by Gasteiger charge is 2.15. The standard InChI is InChI=1S/C15H16BrClN2O/c1-3-19-9-12(16)8-14(19)15(20)18-10(2)11-5-4-6-13(17)7-11/h4-10H,3H2,1-2H3,(H,18,20). The number of hydrogen-bond donors (Lipinski definition) is 1. The lowest BCUT2D eigenvalue weighted by atomic mass is 10.1. The van der Waals surface area contributed by atoms with Gasteiger partial charge >= 0.3 is 0 Å². The van der Waals surface area contributed by atoms with Gasteiger partial charge in [-0.1, -0.05) is 23.7 Å². The van der Waals surface area contributed by atoms with Crippen molar-refractivity contribution in [2.24, 2.45) is 0 Å². The van der Waals surface area contributed by atoms with Crippen molar-refractivity contribution in [1.29, 1.82) is 0 Å². The molecular weight excluding hydrogens is 340 g/mol. The SMILES string of the molecule is CCn1cc(Br)cc1C(=O)NC(C)c1cccc(Cl)c1. The molecular formula is C15H16BrClN2O. The molecule has 3 nitrogen and oxygen atoms in total. The number of benzene rings is 1. The topological polar surface area (TPSA) is 34.0 Å². The number of halogens is 2. The summed E-state index contributed by atoms with van der Waals surface area (Å²) in [6, 6.07) is 9.24. The summed E-state index contributed by atoms with van der Waals surface area (Å²) in [5, 5.41) is 3.66. The van der Waals surface area contributed by atoms with Crippen molar-refractivity contribution in [2.75, 3.05) is 0 Å². The number of aromatic nitrogens is 1. The monoisotopic (exact) mass is 354 g/mol. The van der Waals surface area contributed by atoms with Crippen LogP contribution in [0.4, 0.5) is 0 Å². The second kappa shape index (κ2) is 6.46. The lowest BCUT2D eigenvalue weighted by Crippen LogP contribution is -2.28.